The summed E-state index contributed by atoms with van der Waals surface area (Å²) in [5.74, 6) is 0.104. The van der Waals surface area contributed by atoms with Gasteiger partial charge in [0.1, 0.15) is 0 Å². The highest BCUT2D eigenvalue weighted by molar-refractivity contribution is 5.76. The molecule has 0 aromatic carbocycles. The molecule has 3 nitrogen and oxygen atoms in total. The van der Waals surface area contributed by atoms with Gasteiger partial charge in [-0.15, -0.1) is 0 Å². The fourth-order valence-electron chi connectivity index (χ4n) is 1.19. The van der Waals surface area contributed by atoms with Gasteiger partial charge in [0.05, 0.1) is 6.61 Å². The number of carbonyl (C=O) groups is 1. The van der Waals surface area contributed by atoms with Crippen molar-refractivity contribution in [2.75, 3.05) is 13.2 Å². The zero-order chi connectivity index (χ0) is 12.8. The van der Waals surface area contributed by atoms with Gasteiger partial charge in [-0.25, -0.2) is 0 Å². The van der Waals surface area contributed by atoms with Crippen molar-refractivity contribution in [2.45, 2.75) is 59.9 Å². The smallest absolute Gasteiger partial charge is 0.220 e. The van der Waals surface area contributed by atoms with Gasteiger partial charge in [-0.2, -0.15) is 0 Å². The van der Waals surface area contributed by atoms with Gasteiger partial charge < -0.3 is 10.1 Å². The summed E-state index contributed by atoms with van der Waals surface area (Å²) in [6.45, 7) is 13.8. The van der Waals surface area contributed by atoms with Gasteiger partial charge in [0.2, 0.25) is 5.91 Å². The van der Waals surface area contributed by atoms with E-state index >= 15 is 0 Å². The Morgan fingerprint density at radius 3 is 2.12 bits per heavy atom. The first kappa shape index (κ1) is 15.4. The van der Waals surface area contributed by atoms with E-state index in [1.54, 1.807) is 0 Å². The summed E-state index contributed by atoms with van der Waals surface area (Å²) in [5.41, 5.74) is 0.0665. The zero-order valence-corrected chi connectivity index (χ0v) is 11.6. The van der Waals surface area contributed by atoms with Crippen LogP contribution in [0.15, 0.2) is 0 Å². The van der Waals surface area contributed by atoms with Crippen molar-refractivity contribution in [3.63, 3.8) is 0 Å². The summed E-state index contributed by atoms with van der Waals surface area (Å²) >= 11 is 0. The van der Waals surface area contributed by atoms with E-state index < -0.39 is 0 Å². The van der Waals surface area contributed by atoms with Crippen LogP contribution in [0.1, 0.15) is 54.4 Å². The quantitative estimate of drug-likeness (QED) is 0.736. The van der Waals surface area contributed by atoms with Crippen molar-refractivity contribution in [3.05, 3.63) is 0 Å². The number of hydrogen-bond donors (Lipinski definition) is 1. The molecule has 0 atom stereocenters. The Kier molecular flexibility index (Phi) is 6.01. The Hall–Kier alpha value is -0.570. The monoisotopic (exact) mass is 229 g/mol. The molecule has 0 aromatic heterocycles. The Morgan fingerprint density at radius 2 is 1.69 bits per heavy atom. The van der Waals surface area contributed by atoms with E-state index in [4.69, 9.17) is 4.74 Å². The molecule has 0 heterocycles. The highest BCUT2D eigenvalue weighted by Gasteiger charge is 2.13. The molecule has 0 aliphatic carbocycles. The van der Waals surface area contributed by atoms with Crippen molar-refractivity contribution >= 4 is 5.91 Å². The molecule has 96 valence electrons. The van der Waals surface area contributed by atoms with Crippen LogP contribution in [0.5, 0.6) is 0 Å². The summed E-state index contributed by atoms with van der Waals surface area (Å²) < 4.78 is 5.50. The summed E-state index contributed by atoms with van der Waals surface area (Å²) in [5, 5.41) is 2.93. The summed E-state index contributed by atoms with van der Waals surface area (Å²) in [4.78, 5) is 11.5. The Morgan fingerprint density at radius 1 is 1.12 bits per heavy atom. The molecule has 0 radical (unpaired) electrons. The molecule has 3 heteroatoms. The Bertz CT molecular complexity index is 211. The highest BCUT2D eigenvalue weighted by atomic mass is 16.5. The molecule has 0 unspecified atom stereocenters. The molecular formula is C13H27NO2. The minimum absolute atomic E-state index is 0.104. The van der Waals surface area contributed by atoms with Gasteiger partial charge in [-0.05, 0) is 32.6 Å². The lowest BCUT2D eigenvalue weighted by Gasteiger charge is -2.21. The van der Waals surface area contributed by atoms with E-state index in [0.29, 0.717) is 13.0 Å². The van der Waals surface area contributed by atoms with Crippen LogP contribution in [0.25, 0.3) is 0 Å². The molecule has 16 heavy (non-hydrogen) atoms. The van der Waals surface area contributed by atoms with Crippen LogP contribution in [0.3, 0.4) is 0 Å². The number of rotatable bonds is 5. The predicted octanol–water partition coefficient (Wildman–Crippen LogP) is 2.74. The summed E-state index contributed by atoms with van der Waals surface area (Å²) in [6, 6.07) is 0. The SMILES string of the molecule is CC(C)(C)COCCCC(=O)NC(C)(C)C. The molecule has 0 rings (SSSR count). The van der Waals surface area contributed by atoms with E-state index in [0.717, 1.165) is 13.0 Å². The first-order valence-electron chi connectivity index (χ1n) is 5.99. The van der Waals surface area contributed by atoms with Gasteiger partial charge in [-0.3, -0.25) is 4.79 Å². The lowest BCUT2D eigenvalue weighted by molar-refractivity contribution is -0.122. The highest BCUT2D eigenvalue weighted by Crippen LogP contribution is 2.12. The standard InChI is InChI=1S/C13H27NO2/c1-12(2,3)10-16-9-7-8-11(15)14-13(4,5)6/h7-10H2,1-6H3,(H,14,15). The van der Waals surface area contributed by atoms with Crippen LogP contribution in [0, 0.1) is 5.41 Å². The van der Waals surface area contributed by atoms with Crippen LogP contribution in [-0.4, -0.2) is 24.7 Å². The average Bonchev–Trinajstić information content (AvgIpc) is 1.97. The predicted molar refractivity (Wildman–Crippen MR) is 67.4 cm³/mol. The van der Waals surface area contributed by atoms with Gasteiger partial charge in [0, 0.05) is 18.6 Å². The van der Waals surface area contributed by atoms with E-state index in [2.05, 4.69) is 26.1 Å². The number of ether oxygens (including phenoxy) is 1. The molecule has 0 saturated carbocycles. The fraction of sp³-hybridized carbons (Fsp3) is 0.923. The number of hydrogen-bond acceptors (Lipinski definition) is 2. The normalized spacial score (nSPS) is 12.6. The lowest BCUT2D eigenvalue weighted by atomic mass is 9.99. The van der Waals surface area contributed by atoms with Crippen molar-refractivity contribution in [2.24, 2.45) is 5.41 Å². The maximum atomic E-state index is 11.5. The topological polar surface area (TPSA) is 38.3 Å². The number of nitrogens with one attached hydrogen (secondary N) is 1. The molecule has 0 aliphatic heterocycles. The molecule has 0 fully saturated rings. The van der Waals surface area contributed by atoms with Gasteiger partial charge in [0.25, 0.3) is 0 Å². The van der Waals surface area contributed by atoms with E-state index in [-0.39, 0.29) is 16.9 Å². The molecule has 1 N–H and O–H groups in total. The van der Waals surface area contributed by atoms with Crippen LogP contribution < -0.4 is 5.32 Å². The van der Waals surface area contributed by atoms with Crippen LogP contribution in [0.4, 0.5) is 0 Å². The molecule has 0 saturated heterocycles. The van der Waals surface area contributed by atoms with Crippen molar-refractivity contribution in [1.29, 1.82) is 0 Å². The Labute approximate surface area is 99.9 Å². The third-order valence-electron chi connectivity index (χ3n) is 1.74. The second kappa shape index (κ2) is 6.24. The fourth-order valence-corrected chi connectivity index (χ4v) is 1.19. The maximum absolute atomic E-state index is 11.5. The minimum atomic E-state index is -0.136. The third-order valence-corrected chi connectivity index (χ3v) is 1.74. The maximum Gasteiger partial charge on any atom is 0.220 e. The summed E-state index contributed by atoms with van der Waals surface area (Å²) in [7, 11) is 0. The van der Waals surface area contributed by atoms with E-state index in [1.807, 2.05) is 20.8 Å². The zero-order valence-electron chi connectivity index (χ0n) is 11.6. The molecule has 0 aromatic rings. The number of carbonyl (C=O) groups excluding carboxylic acids is 1. The molecule has 0 spiro atoms. The Balaban J connectivity index is 3.50. The van der Waals surface area contributed by atoms with Crippen molar-refractivity contribution in [1.82, 2.24) is 5.32 Å². The van der Waals surface area contributed by atoms with Crippen LogP contribution in [0.2, 0.25) is 0 Å². The average molecular weight is 229 g/mol. The first-order valence-corrected chi connectivity index (χ1v) is 5.99. The van der Waals surface area contributed by atoms with E-state index in [1.165, 1.54) is 0 Å². The second-order valence-corrected chi connectivity index (χ2v) is 6.51. The summed E-state index contributed by atoms with van der Waals surface area (Å²) in [6.07, 6.45) is 1.33. The van der Waals surface area contributed by atoms with Crippen LogP contribution in [-0.2, 0) is 9.53 Å². The molecule has 0 aliphatic rings. The first-order chi connectivity index (χ1) is 7.10. The minimum Gasteiger partial charge on any atom is -0.381 e. The van der Waals surface area contributed by atoms with Gasteiger partial charge in [-0.1, -0.05) is 20.8 Å². The largest absolute Gasteiger partial charge is 0.381 e. The molecule has 0 bridgehead atoms. The van der Waals surface area contributed by atoms with Crippen LogP contribution >= 0.6 is 0 Å². The van der Waals surface area contributed by atoms with E-state index in [9.17, 15) is 4.79 Å². The second-order valence-electron chi connectivity index (χ2n) is 6.51. The van der Waals surface area contributed by atoms with Gasteiger partial charge >= 0.3 is 0 Å². The van der Waals surface area contributed by atoms with Crippen molar-refractivity contribution in [3.8, 4) is 0 Å². The van der Waals surface area contributed by atoms with Gasteiger partial charge in [0.15, 0.2) is 0 Å². The van der Waals surface area contributed by atoms with Crippen molar-refractivity contribution < 1.29 is 9.53 Å². The number of amides is 1. The molecule has 1 amide bonds. The molecular weight excluding hydrogens is 202 g/mol. The lowest BCUT2D eigenvalue weighted by Crippen LogP contribution is -2.40. The third kappa shape index (κ3) is 11.5.